The van der Waals surface area contributed by atoms with Crippen molar-refractivity contribution in [2.24, 2.45) is 17.8 Å². The van der Waals surface area contributed by atoms with Crippen LogP contribution in [0, 0.1) is 17.8 Å². The van der Waals surface area contributed by atoms with E-state index in [9.17, 15) is 9.59 Å². The number of ether oxygens (including phenoxy) is 1. The van der Waals surface area contributed by atoms with E-state index < -0.39 is 11.9 Å². The van der Waals surface area contributed by atoms with Crippen LogP contribution in [-0.2, 0) is 16.1 Å². The molecule has 0 bridgehead atoms. The number of carboxylic acids is 1. The SMILES string of the molecule is COC(=O)c1ccc(CN2C[C@H]3CC(C(=O)O)C[C@H]3C2)c(Cl)c1. The number of aliphatic carboxylic acids is 1. The van der Waals surface area contributed by atoms with Gasteiger partial charge in [-0.05, 0) is 42.4 Å². The first kappa shape index (κ1) is 16.3. The van der Waals surface area contributed by atoms with Crippen LogP contribution in [0.15, 0.2) is 18.2 Å². The molecule has 2 aliphatic rings. The average molecular weight is 338 g/mol. The Morgan fingerprint density at radius 1 is 1.30 bits per heavy atom. The van der Waals surface area contributed by atoms with Gasteiger partial charge in [0.25, 0.3) is 0 Å². The number of hydrogen-bond donors (Lipinski definition) is 1. The van der Waals surface area contributed by atoms with Gasteiger partial charge in [0, 0.05) is 24.7 Å². The van der Waals surface area contributed by atoms with E-state index in [1.54, 1.807) is 12.1 Å². The summed E-state index contributed by atoms with van der Waals surface area (Å²) in [6.45, 7) is 2.57. The molecule has 1 saturated heterocycles. The molecule has 0 amide bonds. The summed E-state index contributed by atoms with van der Waals surface area (Å²) in [5.74, 6) is -0.273. The van der Waals surface area contributed by atoms with Crippen molar-refractivity contribution < 1.29 is 19.4 Å². The topological polar surface area (TPSA) is 66.8 Å². The summed E-state index contributed by atoms with van der Waals surface area (Å²) in [5.41, 5.74) is 1.43. The summed E-state index contributed by atoms with van der Waals surface area (Å²) in [5, 5.41) is 9.69. The fourth-order valence-electron chi connectivity index (χ4n) is 3.89. The Labute approximate surface area is 140 Å². The number of carboxylic acid groups (broad SMARTS) is 1. The molecule has 1 unspecified atom stereocenters. The summed E-state index contributed by atoms with van der Waals surface area (Å²) < 4.78 is 4.69. The highest BCUT2D eigenvalue weighted by molar-refractivity contribution is 6.31. The van der Waals surface area contributed by atoms with Gasteiger partial charge in [0.1, 0.15) is 0 Å². The molecule has 3 rings (SSSR count). The molecule has 1 aliphatic carbocycles. The lowest BCUT2D eigenvalue weighted by Crippen LogP contribution is -2.23. The monoisotopic (exact) mass is 337 g/mol. The number of fused-ring (bicyclic) bond motifs is 1. The number of halogens is 1. The van der Waals surface area contributed by atoms with Crippen LogP contribution in [0.1, 0.15) is 28.8 Å². The lowest BCUT2D eigenvalue weighted by molar-refractivity contribution is -0.141. The van der Waals surface area contributed by atoms with Crippen LogP contribution >= 0.6 is 11.6 Å². The van der Waals surface area contributed by atoms with Gasteiger partial charge in [0.15, 0.2) is 0 Å². The lowest BCUT2D eigenvalue weighted by Gasteiger charge is -2.18. The van der Waals surface area contributed by atoms with E-state index in [0.717, 1.165) is 38.0 Å². The molecule has 1 N–H and O–H groups in total. The normalized spacial score (nSPS) is 27.0. The molecule has 3 atom stereocenters. The van der Waals surface area contributed by atoms with E-state index in [0.29, 0.717) is 22.4 Å². The number of carbonyl (C=O) groups excluding carboxylic acids is 1. The summed E-state index contributed by atoms with van der Waals surface area (Å²) in [6.07, 6.45) is 1.57. The Kier molecular flexibility index (Phi) is 4.60. The molecule has 0 spiro atoms. The second-order valence-corrected chi connectivity index (χ2v) is 6.93. The van der Waals surface area contributed by atoms with Crippen LogP contribution in [0.25, 0.3) is 0 Å². The lowest BCUT2D eigenvalue weighted by atomic mass is 10.0. The number of hydrogen-bond acceptors (Lipinski definition) is 4. The third kappa shape index (κ3) is 3.35. The maximum atomic E-state index is 11.5. The highest BCUT2D eigenvalue weighted by Crippen LogP contribution is 2.42. The molecule has 1 aliphatic heterocycles. The molecule has 1 heterocycles. The minimum absolute atomic E-state index is 0.171. The zero-order valence-electron chi connectivity index (χ0n) is 13.0. The van der Waals surface area contributed by atoms with Crippen LogP contribution < -0.4 is 0 Å². The fraction of sp³-hybridized carbons (Fsp3) is 0.529. The summed E-state index contributed by atoms with van der Waals surface area (Å²) in [7, 11) is 1.34. The zero-order valence-corrected chi connectivity index (χ0v) is 13.8. The van der Waals surface area contributed by atoms with Crippen molar-refractivity contribution >= 4 is 23.5 Å². The van der Waals surface area contributed by atoms with E-state index in [1.807, 2.05) is 6.07 Å². The van der Waals surface area contributed by atoms with Crippen LogP contribution in [0.3, 0.4) is 0 Å². The third-order valence-electron chi connectivity index (χ3n) is 5.04. The number of nitrogens with zero attached hydrogens (tertiary/aromatic N) is 1. The third-order valence-corrected chi connectivity index (χ3v) is 5.40. The molecule has 0 aromatic heterocycles. The average Bonchev–Trinajstić information content (AvgIpc) is 3.06. The van der Waals surface area contributed by atoms with Gasteiger partial charge in [-0.2, -0.15) is 0 Å². The van der Waals surface area contributed by atoms with Gasteiger partial charge in [0.2, 0.25) is 0 Å². The number of esters is 1. The number of methoxy groups -OCH3 is 1. The van der Waals surface area contributed by atoms with Gasteiger partial charge in [0.05, 0.1) is 18.6 Å². The Balaban J connectivity index is 1.62. The standard InChI is InChI=1S/C17H20ClNO4/c1-23-17(22)10-2-3-11(15(18)6-10)7-19-8-13-4-12(16(20)21)5-14(13)9-19/h2-3,6,12-14H,4-5,7-9H2,1H3,(H,20,21)/t12?,13-,14+. The second kappa shape index (κ2) is 6.49. The number of rotatable bonds is 4. The maximum absolute atomic E-state index is 11.5. The van der Waals surface area contributed by atoms with Crippen molar-refractivity contribution in [2.75, 3.05) is 20.2 Å². The molecular weight excluding hydrogens is 318 g/mol. The second-order valence-electron chi connectivity index (χ2n) is 6.52. The van der Waals surface area contributed by atoms with Crippen molar-refractivity contribution in [1.29, 1.82) is 0 Å². The van der Waals surface area contributed by atoms with E-state index in [1.165, 1.54) is 7.11 Å². The highest BCUT2D eigenvalue weighted by Gasteiger charge is 2.43. The first-order valence-electron chi connectivity index (χ1n) is 7.79. The predicted molar refractivity (Wildman–Crippen MR) is 85.4 cm³/mol. The molecule has 2 fully saturated rings. The van der Waals surface area contributed by atoms with Crippen LogP contribution in [-0.4, -0.2) is 42.1 Å². The zero-order chi connectivity index (χ0) is 16.6. The summed E-state index contributed by atoms with van der Waals surface area (Å²) in [6, 6.07) is 5.23. The quantitative estimate of drug-likeness (QED) is 0.856. The van der Waals surface area contributed by atoms with Crippen molar-refractivity contribution in [1.82, 2.24) is 4.90 Å². The summed E-state index contributed by atoms with van der Waals surface area (Å²) in [4.78, 5) is 24.9. The van der Waals surface area contributed by atoms with Gasteiger partial charge in [-0.15, -0.1) is 0 Å². The molecule has 6 heteroatoms. The van der Waals surface area contributed by atoms with Crippen LogP contribution in [0.5, 0.6) is 0 Å². The number of likely N-dealkylation sites (tertiary alicyclic amines) is 1. The molecular formula is C17H20ClNO4. The van der Waals surface area contributed by atoms with Gasteiger partial charge in [-0.25, -0.2) is 4.79 Å². The molecule has 1 saturated carbocycles. The molecule has 124 valence electrons. The minimum atomic E-state index is -0.660. The largest absolute Gasteiger partial charge is 0.481 e. The number of benzene rings is 1. The minimum Gasteiger partial charge on any atom is -0.481 e. The van der Waals surface area contributed by atoms with Crippen molar-refractivity contribution in [3.05, 3.63) is 34.3 Å². The first-order chi connectivity index (χ1) is 11.0. The van der Waals surface area contributed by atoms with Crippen LogP contribution in [0.4, 0.5) is 0 Å². The molecule has 1 aromatic carbocycles. The van der Waals surface area contributed by atoms with Gasteiger partial charge in [-0.1, -0.05) is 17.7 Å². The summed E-state index contributed by atoms with van der Waals surface area (Å²) >= 11 is 6.28. The smallest absolute Gasteiger partial charge is 0.337 e. The van der Waals surface area contributed by atoms with E-state index in [4.69, 9.17) is 16.7 Å². The molecule has 0 radical (unpaired) electrons. The predicted octanol–water partition coefficient (Wildman–Crippen LogP) is 2.67. The van der Waals surface area contributed by atoms with Crippen molar-refractivity contribution in [3.63, 3.8) is 0 Å². The van der Waals surface area contributed by atoms with Gasteiger partial charge < -0.3 is 9.84 Å². The first-order valence-corrected chi connectivity index (χ1v) is 8.17. The molecule has 1 aromatic rings. The van der Waals surface area contributed by atoms with Crippen LogP contribution in [0.2, 0.25) is 5.02 Å². The number of carbonyl (C=O) groups is 2. The molecule has 5 nitrogen and oxygen atoms in total. The van der Waals surface area contributed by atoms with Gasteiger partial charge in [-0.3, -0.25) is 9.69 Å². The molecule has 23 heavy (non-hydrogen) atoms. The van der Waals surface area contributed by atoms with Crippen molar-refractivity contribution in [3.8, 4) is 0 Å². The van der Waals surface area contributed by atoms with Crippen molar-refractivity contribution in [2.45, 2.75) is 19.4 Å². The fourth-order valence-corrected chi connectivity index (χ4v) is 4.13. The Hall–Kier alpha value is -1.59. The highest BCUT2D eigenvalue weighted by atomic mass is 35.5. The van der Waals surface area contributed by atoms with E-state index >= 15 is 0 Å². The Morgan fingerprint density at radius 3 is 2.48 bits per heavy atom. The maximum Gasteiger partial charge on any atom is 0.337 e. The van der Waals surface area contributed by atoms with Gasteiger partial charge >= 0.3 is 11.9 Å². The van der Waals surface area contributed by atoms with E-state index in [2.05, 4.69) is 9.64 Å². The Morgan fingerprint density at radius 2 is 1.96 bits per heavy atom. The Bertz CT molecular complexity index is 619. The van der Waals surface area contributed by atoms with E-state index in [-0.39, 0.29) is 5.92 Å².